The lowest BCUT2D eigenvalue weighted by molar-refractivity contribution is 0.260. The molecule has 1 N–H and O–H groups in total. The molecular formula is C22H25IO2. The molecule has 0 heterocycles. The third kappa shape index (κ3) is 7.09. The smallest absolute Gasteiger partial charge is 0.119 e. The van der Waals surface area contributed by atoms with Crippen molar-refractivity contribution in [2.24, 2.45) is 5.92 Å². The number of aliphatic hydroxyl groups excluding tert-OH is 1. The van der Waals surface area contributed by atoms with E-state index in [1.54, 1.807) is 0 Å². The summed E-state index contributed by atoms with van der Waals surface area (Å²) in [6.45, 7) is 3.02. The first kappa shape index (κ1) is 19.8. The van der Waals surface area contributed by atoms with Gasteiger partial charge in [0.2, 0.25) is 0 Å². The maximum absolute atomic E-state index is 9.12. The van der Waals surface area contributed by atoms with Crippen LogP contribution >= 0.6 is 22.6 Å². The first-order valence-corrected chi connectivity index (χ1v) is 9.89. The molecule has 1 atom stereocenters. The van der Waals surface area contributed by atoms with E-state index >= 15 is 0 Å². The highest BCUT2D eigenvalue weighted by atomic mass is 127. The van der Waals surface area contributed by atoms with E-state index in [0.717, 1.165) is 37.0 Å². The molecule has 0 saturated carbocycles. The minimum atomic E-state index is 0.210. The molecule has 2 aromatic rings. The Hall–Kier alpha value is -1.51. The molecule has 0 aliphatic heterocycles. The second-order valence-corrected chi connectivity index (χ2v) is 7.10. The second-order valence-electron chi connectivity index (χ2n) is 5.94. The van der Waals surface area contributed by atoms with E-state index in [1.165, 1.54) is 9.13 Å². The fourth-order valence-electron chi connectivity index (χ4n) is 2.57. The zero-order valence-electron chi connectivity index (χ0n) is 14.7. The van der Waals surface area contributed by atoms with Crippen molar-refractivity contribution in [3.8, 4) is 17.6 Å². The standard InChI is InChI=1S/C22H25IO2/c1-2-20-17-19(12-13-22(20)23)11-10-18(7-6-15-24)14-16-25-21-8-4-3-5-9-21/h3-5,8-9,12-13,17-18,24H,2,6-7,14-16H2,1H3. The zero-order valence-corrected chi connectivity index (χ0v) is 16.8. The van der Waals surface area contributed by atoms with Crippen LogP contribution in [0.2, 0.25) is 0 Å². The SMILES string of the molecule is CCc1cc(C#CC(CCCO)CCOc2ccccc2)ccc1I. The van der Waals surface area contributed by atoms with Crippen molar-refractivity contribution in [1.29, 1.82) is 0 Å². The Morgan fingerprint density at radius 1 is 1.12 bits per heavy atom. The molecule has 1 unspecified atom stereocenters. The van der Waals surface area contributed by atoms with E-state index in [0.29, 0.717) is 6.61 Å². The first-order valence-electron chi connectivity index (χ1n) is 8.81. The van der Waals surface area contributed by atoms with E-state index in [-0.39, 0.29) is 12.5 Å². The molecule has 0 aliphatic carbocycles. The van der Waals surface area contributed by atoms with Crippen LogP contribution < -0.4 is 4.74 Å². The molecule has 0 aromatic heterocycles. The number of para-hydroxylation sites is 1. The molecule has 0 spiro atoms. The predicted molar refractivity (Wildman–Crippen MR) is 112 cm³/mol. The van der Waals surface area contributed by atoms with Gasteiger partial charge in [0.05, 0.1) is 6.61 Å². The van der Waals surface area contributed by atoms with Crippen LogP contribution in [0.15, 0.2) is 48.5 Å². The quantitative estimate of drug-likeness (QED) is 0.452. The van der Waals surface area contributed by atoms with E-state index < -0.39 is 0 Å². The van der Waals surface area contributed by atoms with Crippen LogP contribution in [-0.4, -0.2) is 18.3 Å². The number of benzene rings is 2. The molecule has 0 saturated heterocycles. The van der Waals surface area contributed by atoms with Crippen molar-refractivity contribution >= 4 is 22.6 Å². The average molecular weight is 448 g/mol. The van der Waals surface area contributed by atoms with Crippen LogP contribution in [0.25, 0.3) is 0 Å². The monoisotopic (exact) mass is 448 g/mol. The second kappa shape index (κ2) is 11.2. The van der Waals surface area contributed by atoms with Gasteiger partial charge in [0.15, 0.2) is 0 Å². The summed E-state index contributed by atoms with van der Waals surface area (Å²) in [6, 6.07) is 16.2. The zero-order chi connectivity index (χ0) is 17.9. The lowest BCUT2D eigenvalue weighted by Gasteiger charge is -2.11. The topological polar surface area (TPSA) is 29.5 Å². The molecule has 132 valence electrons. The summed E-state index contributed by atoms with van der Waals surface area (Å²) in [5.41, 5.74) is 2.40. The molecule has 0 amide bonds. The molecule has 3 heteroatoms. The number of rotatable bonds is 8. The highest BCUT2D eigenvalue weighted by Crippen LogP contribution is 2.16. The van der Waals surface area contributed by atoms with Gasteiger partial charge in [-0.1, -0.05) is 37.0 Å². The van der Waals surface area contributed by atoms with Crippen molar-refractivity contribution in [2.45, 2.75) is 32.6 Å². The summed E-state index contributed by atoms with van der Waals surface area (Å²) >= 11 is 2.37. The Kier molecular flexibility index (Phi) is 8.85. The normalized spacial score (nSPS) is 11.5. The number of hydrogen-bond donors (Lipinski definition) is 1. The summed E-state index contributed by atoms with van der Waals surface area (Å²) in [5.74, 6) is 7.82. The van der Waals surface area contributed by atoms with E-state index in [2.05, 4.69) is 59.6 Å². The first-order chi connectivity index (χ1) is 12.2. The maximum Gasteiger partial charge on any atom is 0.119 e. The predicted octanol–water partition coefficient (Wildman–Crippen LogP) is 5.06. The highest BCUT2D eigenvalue weighted by molar-refractivity contribution is 14.1. The van der Waals surface area contributed by atoms with Crippen LogP contribution in [-0.2, 0) is 6.42 Å². The van der Waals surface area contributed by atoms with Gasteiger partial charge >= 0.3 is 0 Å². The molecule has 2 nitrogen and oxygen atoms in total. The van der Waals surface area contributed by atoms with Crippen molar-refractivity contribution in [1.82, 2.24) is 0 Å². The van der Waals surface area contributed by atoms with Crippen LogP contribution in [0.3, 0.4) is 0 Å². The van der Waals surface area contributed by atoms with Crippen LogP contribution in [0.1, 0.15) is 37.3 Å². The van der Waals surface area contributed by atoms with Gasteiger partial charge in [-0.3, -0.25) is 0 Å². The van der Waals surface area contributed by atoms with Gasteiger partial charge in [-0.05, 0) is 84.2 Å². The summed E-state index contributed by atoms with van der Waals surface area (Å²) in [6.07, 6.45) is 3.56. The molecule has 0 aliphatic rings. The summed E-state index contributed by atoms with van der Waals surface area (Å²) in [4.78, 5) is 0. The van der Waals surface area contributed by atoms with Crippen LogP contribution in [0.4, 0.5) is 0 Å². The molecular weight excluding hydrogens is 423 g/mol. The van der Waals surface area contributed by atoms with Gasteiger partial charge in [-0.2, -0.15) is 0 Å². The summed E-state index contributed by atoms with van der Waals surface area (Å²) in [5, 5.41) is 9.12. The number of aliphatic hydroxyl groups is 1. The fraction of sp³-hybridized carbons (Fsp3) is 0.364. The van der Waals surface area contributed by atoms with Crippen LogP contribution in [0.5, 0.6) is 5.75 Å². The molecule has 0 bridgehead atoms. The molecule has 2 rings (SSSR count). The number of ether oxygens (including phenoxy) is 1. The molecule has 25 heavy (non-hydrogen) atoms. The fourth-order valence-corrected chi connectivity index (χ4v) is 3.29. The molecule has 0 radical (unpaired) electrons. The molecule has 0 fully saturated rings. The van der Waals surface area contributed by atoms with Crippen molar-refractivity contribution in [2.75, 3.05) is 13.2 Å². The van der Waals surface area contributed by atoms with E-state index in [1.807, 2.05) is 30.3 Å². The lowest BCUT2D eigenvalue weighted by Crippen LogP contribution is -2.06. The Morgan fingerprint density at radius 2 is 1.92 bits per heavy atom. The van der Waals surface area contributed by atoms with Gasteiger partial charge in [0.25, 0.3) is 0 Å². The van der Waals surface area contributed by atoms with Crippen molar-refractivity contribution in [3.63, 3.8) is 0 Å². The largest absolute Gasteiger partial charge is 0.494 e. The van der Waals surface area contributed by atoms with Gasteiger partial charge in [-0.15, -0.1) is 0 Å². The Bertz CT molecular complexity index is 701. The number of aryl methyl sites for hydroxylation is 1. The van der Waals surface area contributed by atoms with Crippen LogP contribution in [0, 0.1) is 21.3 Å². The Labute approximate surface area is 164 Å². The Morgan fingerprint density at radius 3 is 2.64 bits per heavy atom. The van der Waals surface area contributed by atoms with Gasteiger partial charge < -0.3 is 9.84 Å². The Balaban J connectivity index is 1.97. The minimum Gasteiger partial charge on any atom is -0.494 e. The number of halogens is 1. The maximum atomic E-state index is 9.12. The van der Waals surface area contributed by atoms with Crippen molar-refractivity contribution in [3.05, 3.63) is 63.2 Å². The third-order valence-electron chi connectivity index (χ3n) is 4.04. The van der Waals surface area contributed by atoms with E-state index in [9.17, 15) is 0 Å². The third-order valence-corrected chi connectivity index (χ3v) is 5.09. The summed E-state index contributed by atoms with van der Waals surface area (Å²) < 4.78 is 7.08. The van der Waals surface area contributed by atoms with E-state index in [4.69, 9.17) is 9.84 Å². The summed E-state index contributed by atoms with van der Waals surface area (Å²) in [7, 11) is 0. The minimum absolute atomic E-state index is 0.210. The van der Waals surface area contributed by atoms with Gasteiger partial charge in [-0.25, -0.2) is 0 Å². The average Bonchev–Trinajstić information content (AvgIpc) is 2.65. The molecule has 2 aromatic carbocycles. The van der Waals surface area contributed by atoms with Crippen molar-refractivity contribution < 1.29 is 9.84 Å². The highest BCUT2D eigenvalue weighted by Gasteiger charge is 2.06. The lowest BCUT2D eigenvalue weighted by atomic mass is 9.99. The van der Waals surface area contributed by atoms with Gasteiger partial charge in [0.1, 0.15) is 5.75 Å². The van der Waals surface area contributed by atoms with Gasteiger partial charge in [0, 0.05) is 21.7 Å². The number of hydrogen-bond acceptors (Lipinski definition) is 2.